The Kier molecular flexibility index (Phi) is 6.21. The van der Waals surface area contributed by atoms with Gasteiger partial charge in [-0.25, -0.2) is 0 Å². The van der Waals surface area contributed by atoms with Crippen molar-refractivity contribution in [2.75, 3.05) is 0 Å². The van der Waals surface area contributed by atoms with E-state index in [0.717, 1.165) is 18.7 Å². The third-order valence-corrected chi connectivity index (χ3v) is 5.11. The molecule has 0 fully saturated rings. The van der Waals surface area contributed by atoms with Gasteiger partial charge in [-0.2, -0.15) is 0 Å². The van der Waals surface area contributed by atoms with Gasteiger partial charge in [-0.3, -0.25) is 4.90 Å². The highest BCUT2D eigenvalue weighted by molar-refractivity contribution is 5.77. The molecular weight excluding hydrogens is 330 g/mol. The Bertz CT molecular complexity index is 852. The van der Waals surface area contributed by atoms with Gasteiger partial charge in [0.1, 0.15) is 5.58 Å². The third kappa shape index (κ3) is 5.01. The van der Waals surface area contributed by atoms with Crippen molar-refractivity contribution in [3.05, 3.63) is 71.5 Å². The van der Waals surface area contributed by atoms with Crippen LogP contribution < -0.4 is 0 Å². The molecule has 1 aliphatic heterocycles. The number of furan rings is 1. The lowest BCUT2D eigenvalue weighted by Gasteiger charge is -2.31. The lowest BCUT2D eigenvalue weighted by molar-refractivity contribution is 0.136. The van der Waals surface area contributed by atoms with Gasteiger partial charge in [-0.15, -0.1) is 0 Å². The Hall–Kier alpha value is -2.06. The standard InChI is InChI=1S/C12H17N.C12H14O.CH4/c1-12(2,3)13-8-10-6-4-5-7-11(10)9-13;1-12(2,3)10-5-4-9-6-7-13-11(9)8-10;/h4-7H,8-9H2,1-3H3;4-8H,1-3H3;1H4. The topological polar surface area (TPSA) is 16.4 Å². The summed E-state index contributed by atoms with van der Waals surface area (Å²) in [6.07, 6.45) is 1.73. The van der Waals surface area contributed by atoms with E-state index < -0.39 is 0 Å². The van der Waals surface area contributed by atoms with Crippen LogP contribution in [-0.2, 0) is 18.5 Å². The molecule has 3 aromatic rings. The first-order chi connectivity index (χ1) is 12.1. The number of rotatable bonds is 0. The Morgan fingerprint density at radius 1 is 0.815 bits per heavy atom. The molecule has 0 unspecified atom stereocenters. The van der Waals surface area contributed by atoms with Crippen LogP contribution >= 0.6 is 0 Å². The van der Waals surface area contributed by atoms with Gasteiger partial charge in [0, 0.05) is 24.0 Å². The molecule has 0 saturated carbocycles. The summed E-state index contributed by atoms with van der Waals surface area (Å²) in [5, 5.41) is 1.17. The highest BCUT2D eigenvalue weighted by atomic mass is 16.3. The molecule has 2 aromatic carbocycles. The zero-order valence-electron chi connectivity index (χ0n) is 17.0. The second-order valence-electron chi connectivity index (χ2n) is 9.22. The number of nitrogens with zero attached hydrogens (tertiary/aromatic N) is 1. The maximum absolute atomic E-state index is 5.35. The Labute approximate surface area is 165 Å². The molecule has 4 rings (SSSR count). The molecule has 0 bridgehead atoms. The minimum atomic E-state index is 0. The molecule has 2 nitrogen and oxygen atoms in total. The average Bonchev–Trinajstić information content (AvgIpc) is 3.20. The maximum Gasteiger partial charge on any atom is 0.134 e. The van der Waals surface area contributed by atoms with Crippen LogP contribution in [0.2, 0.25) is 0 Å². The van der Waals surface area contributed by atoms with E-state index >= 15 is 0 Å². The van der Waals surface area contributed by atoms with Crippen LogP contribution in [0.25, 0.3) is 11.0 Å². The molecule has 0 radical (unpaired) electrons. The first-order valence-corrected chi connectivity index (χ1v) is 9.44. The van der Waals surface area contributed by atoms with E-state index in [0.29, 0.717) is 5.54 Å². The summed E-state index contributed by atoms with van der Waals surface area (Å²) in [5.41, 5.74) is 5.78. The lowest BCUT2D eigenvalue weighted by Crippen LogP contribution is -2.36. The number of hydrogen-bond donors (Lipinski definition) is 0. The second kappa shape index (κ2) is 7.90. The molecule has 1 aliphatic rings. The minimum Gasteiger partial charge on any atom is -0.464 e. The van der Waals surface area contributed by atoms with Crippen LogP contribution in [0.3, 0.4) is 0 Å². The third-order valence-electron chi connectivity index (χ3n) is 5.11. The number of fused-ring (bicyclic) bond motifs is 2. The largest absolute Gasteiger partial charge is 0.464 e. The highest BCUT2D eigenvalue weighted by Crippen LogP contribution is 2.28. The van der Waals surface area contributed by atoms with Crippen LogP contribution in [0.15, 0.2) is 59.2 Å². The first kappa shape index (κ1) is 21.2. The predicted molar refractivity (Wildman–Crippen MR) is 117 cm³/mol. The van der Waals surface area contributed by atoms with E-state index in [-0.39, 0.29) is 12.8 Å². The second-order valence-corrected chi connectivity index (χ2v) is 9.22. The summed E-state index contributed by atoms with van der Waals surface area (Å²) in [5.74, 6) is 0. The summed E-state index contributed by atoms with van der Waals surface area (Å²) in [6.45, 7) is 15.7. The Morgan fingerprint density at radius 3 is 1.93 bits per heavy atom. The number of hydrogen-bond acceptors (Lipinski definition) is 2. The van der Waals surface area contributed by atoms with Crippen LogP contribution in [0.1, 0.15) is 65.7 Å². The lowest BCUT2D eigenvalue weighted by atomic mass is 9.87. The highest BCUT2D eigenvalue weighted by Gasteiger charge is 2.27. The van der Waals surface area contributed by atoms with Crippen molar-refractivity contribution < 1.29 is 4.42 Å². The van der Waals surface area contributed by atoms with Crippen molar-refractivity contribution in [2.24, 2.45) is 0 Å². The molecule has 0 aliphatic carbocycles. The summed E-state index contributed by atoms with van der Waals surface area (Å²) in [4.78, 5) is 2.51. The fraction of sp³-hybridized carbons (Fsp3) is 0.440. The molecule has 0 saturated heterocycles. The molecule has 0 atom stereocenters. The Morgan fingerprint density at radius 2 is 1.41 bits per heavy atom. The molecule has 0 spiro atoms. The molecule has 27 heavy (non-hydrogen) atoms. The number of benzene rings is 2. The van der Waals surface area contributed by atoms with Gasteiger partial charge in [0.2, 0.25) is 0 Å². The van der Waals surface area contributed by atoms with Crippen LogP contribution in [0.4, 0.5) is 0 Å². The van der Waals surface area contributed by atoms with Gasteiger partial charge >= 0.3 is 0 Å². The minimum absolute atomic E-state index is 0. The van der Waals surface area contributed by atoms with Gasteiger partial charge < -0.3 is 4.42 Å². The summed E-state index contributed by atoms with van der Waals surface area (Å²) in [7, 11) is 0. The van der Waals surface area contributed by atoms with Crippen molar-refractivity contribution >= 4 is 11.0 Å². The van der Waals surface area contributed by atoms with Gasteiger partial charge in [-0.1, -0.05) is 64.6 Å². The fourth-order valence-electron chi connectivity index (χ4n) is 3.23. The normalized spacial score (nSPS) is 14.3. The van der Waals surface area contributed by atoms with Gasteiger partial charge in [0.25, 0.3) is 0 Å². The summed E-state index contributed by atoms with van der Waals surface area (Å²) >= 11 is 0. The average molecular weight is 366 g/mol. The zero-order valence-corrected chi connectivity index (χ0v) is 17.0. The van der Waals surface area contributed by atoms with E-state index in [9.17, 15) is 0 Å². The quantitative estimate of drug-likeness (QED) is 0.420. The molecule has 1 aromatic heterocycles. The van der Waals surface area contributed by atoms with E-state index in [1.807, 2.05) is 6.07 Å². The Balaban J connectivity index is 0.000000187. The van der Waals surface area contributed by atoms with Crippen LogP contribution in [-0.4, -0.2) is 10.4 Å². The molecule has 2 heterocycles. The van der Waals surface area contributed by atoms with Crippen LogP contribution in [0.5, 0.6) is 0 Å². The van der Waals surface area contributed by atoms with Crippen molar-refractivity contribution in [1.29, 1.82) is 0 Å². The van der Waals surface area contributed by atoms with Crippen molar-refractivity contribution in [1.82, 2.24) is 4.90 Å². The zero-order chi connectivity index (χ0) is 18.9. The summed E-state index contributed by atoms with van der Waals surface area (Å²) < 4.78 is 5.35. The molecule has 0 N–H and O–H groups in total. The predicted octanol–water partition coefficient (Wildman–Crippen LogP) is 7.17. The monoisotopic (exact) mass is 365 g/mol. The molecular formula is C25H35NO. The fourth-order valence-corrected chi connectivity index (χ4v) is 3.23. The first-order valence-electron chi connectivity index (χ1n) is 9.44. The molecule has 0 amide bonds. The molecule has 146 valence electrons. The van der Waals surface area contributed by atoms with Gasteiger partial charge in [-0.05, 0) is 55.0 Å². The van der Waals surface area contributed by atoms with E-state index in [4.69, 9.17) is 4.42 Å². The van der Waals surface area contributed by atoms with Crippen LogP contribution in [0, 0.1) is 0 Å². The summed E-state index contributed by atoms with van der Waals surface area (Å²) in [6, 6.07) is 17.1. The van der Waals surface area contributed by atoms with Gasteiger partial charge in [0.05, 0.1) is 6.26 Å². The van der Waals surface area contributed by atoms with Gasteiger partial charge in [0.15, 0.2) is 0 Å². The van der Waals surface area contributed by atoms with Crippen molar-refractivity contribution in [3.63, 3.8) is 0 Å². The van der Waals surface area contributed by atoms with E-state index in [1.165, 1.54) is 22.1 Å². The van der Waals surface area contributed by atoms with E-state index in [2.05, 4.69) is 88.9 Å². The van der Waals surface area contributed by atoms with E-state index in [1.54, 1.807) is 6.26 Å². The smallest absolute Gasteiger partial charge is 0.134 e. The SMILES string of the molecule is C.CC(C)(C)N1Cc2ccccc2C1.CC(C)(C)c1ccc2ccoc2c1. The van der Waals surface area contributed by atoms with Crippen molar-refractivity contribution in [3.8, 4) is 0 Å². The van der Waals surface area contributed by atoms with Crippen molar-refractivity contribution in [2.45, 2.75) is 73.0 Å². The maximum atomic E-state index is 5.35. The molecule has 2 heteroatoms.